The molecule has 4 heteroatoms. The zero-order valence-corrected chi connectivity index (χ0v) is 12.8. The Morgan fingerprint density at radius 1 is 1.32 bits per heavy atom. The first-order valence-electron chi connectivity index (χ1n) is 5.80. The molecule has 0 bridgehead atoms. The first-order valence-corrected chi connectivity index (χ1v) is 7.41. The van der Waals surface area contributed by atoms with Crippen molar-refractivity contribution in [2.45, 2.75) is 18.8 Å². The fourth-order valence-electron chi connectivity index (χ4n) is 2.04. The van der Waals surface area contributed by atoms with E-state index in [9.17, 15) is 10.1 Å². The lowest BCUT2D eigenvalue weighted by atomic mass is 9.75. The van der Waals surface area contributed by atoms with Gasteiger partial charge in [-0.3, -0.25) is 4.79 Å². The fourth-order valence-corrected chi connectivity index (χ4v) is 3.61. The van der Waals surface area contributed by atoms with Gasteiger partial charge in [0.05, 0.1) is 9.86 Å². The molecule has 1 aromatic carbocycles. The van der Waals surface area contributed by atoms with E-state index in [0.29, 0.717) is 6.42 Å². The van der Waals surface area contributed by atoms with E-state index in [-0.39, 0.29) is 5.78 Å². The van der Waals surface area contributed by atoms with Crippen molar-refractivity contribution in [3.05, 3.63) is 56.7 Å². The lowest BCUT2D eigenvalue weighted by Crippen LogP contribution is -2.34. The minimum atomic E-state index is -1.09. The number of hydrogen-bond donors (Lipinski definition) is 0. The fraction of sp³-hybridized carbons (Fsp3) is 0.200. The molecule has 0 radical (unpaired) electrons. The summed E-state index contributed by atoms with van der Waals surface area (Å²) in [6.45, 7) is 1.48. The molecule has 0 saturated carbocycles. The molecule has 19 heavy (non-hydrogen) atoms. The molecule has 0 aliphatic carbocycles. The van der Waals surface area contributed by atoms with Crippen LogP contribution in [0.25, 0.3) is 0 Å². The van der Waals surface area contributed by atoms with Gasteiger partial charge in [-0.15, -0.1) is 11.3 Å². The number of benzene rings is 1. The van der Waals surface area contributed by atoms with Crippen LogP contribution in [-0.2, 0) is 16.6 Å². The number of halogens is 1. The first kappa shape index (κ1) is 14.0. The van der Waals surface area contributed by atoms with Crippen molar-refractivity contribution in [2.75, 3.05) is 0 Å². The number of nitriles is 1. The van der Waals surface area contributed by atoms with Crippen LogP contribution in [0.2, 0.25) is 0 Å². The van der Waals surface area contributed by atoms with Crippen LogP contribution < -0.4 is 0 Å². The second-order valence-corrected chi connectivity index (χ2v) is 6.87. The standard InChI is InChI=1S/C15H12BrNOS/c1-11(18)15(10-17,12-5-3-2-4-6-12)9-13-7-8-14(16)19-13/h2-8H,9H2,1H3. The van der Waals surface area contributed by atoms with Crippen LogP contribution in [0.3, 0.4) is 0 Å². The molecule has 1 heterocycles. The smallest absolute Gasteiger partial charge is 0.154 e. The normalized spacial score (nSPS) is 13.5. The highest BCUT2D eigenvalue weighted by Gasteiger charge is 2.38. The Balaban J connectivity index is 2.47. The maximum atomic E-state index is 12.1. The monoisotopic (exact) mass is 333 g/mol. The second kappa shape index (κ2) is 5.68. The highest BCUT2D eigenvalue weighted by molar-refractivity contribution is 9.11. The van der Waals surface area contributed by atoms with Gasteiger partial charge in [0.15, 0.2) is 5.78 Å². The SMILES string of the molecule is CC(=O)C(C#N)(Cc1ccc(Br)s1)c1ccccc1. The predicted molar refractivity (Wildman–Crippen MR) is 80.1 cm³/mol. The van der Waals surface area contributed by atoms with Crippen molar-refractivity contribution in [1.29, 1.82) is 5.26 Å². The predicted octanol–water partition coefficient (Wildman–Crippen LogP) is 4.10. The molecule has 0 saturated heterocycles. The largest absolute Gasteiger partial charge is 0.298 e. The Morgan fingerprint density at radius 2 is 2.00 bits per heavy atom. The van der Waals surface area contributed by atoms with Crippen molar-refractivity contribution < 1.29 is 4.79 Å². The van der Waals surface area contributed by atoms with Crippen LogP contribution in [-0.4, -0.2) is 5.78 Å². The molecule has 96 valence electrons. The topological polar surface area (TPSA) is 40.9 Å². The molecule has 1 aromatic heterocycles. The summed E-state index contributed by atoms with van der Waals surface area (Å²) in [4.78, 5) is 13.1. The Bertz CT molecular complexity index is 629. The van der Waals surface area contributed by atoms with Gasteiger partial charge in [-0.25, -0.2) is 0 Å². The first-order chi connectivity index (χ1) is 9.08. The third kappa shape index (κ3) is 2.78. The Hall–Kier alpha value is -1.44. The average Bonchev–Trinajstić information content (AvgIpc) is 2.82. The molecule has 2 aromatic rings. The van der Waals surface area contributed by atoms with E-state index in [4.69, 9.17) is 0 Å². The van der Waals surface area contributed by atoms with Gasteiger partial charge in [0, 0.05) is 11.3 Å². The zero-order chi connectivity index (χ0) is 13.9. The van der Waals surface area contributed by atoms with Crippen LogP contribution >= 0.6 is 27.3 Å². The molecule has 2 rings (SSSR count). The molecule has 0 aliphatic heterocycles. The van der Waals surface area contributed by atoms with Gasteiger partial charge in [0.25, 0.3) is 0 Å². The Labute approximate surface area is 124 Å². The Morgan fingerprint density at radius 3 is 2.47 bits per heavy atom. The van der Waals surface area contributed by atoms with Gasteiger partial charge in [-0.2, -0.15) is 5.26 Å². The van der Waals surface area contributed by atoms with Crippen LogP contribution in [0.15, 0.2) is 46.3 Å². The van der Waals surface area contributed by atoms with Crippen LogP contribution in [0.4, 0.5) is 0 Å². The molecule has 0 N–H and O–H groups in total. The zero-order valence-electron chi connectivity index (χ0n) is 10.4. The third-order valence-corrected chi connectivity index (χ3v) is 4.75. The van der Waals surface area contributed by atoms with Crippen molar-refractivity contribution in [3.8, 4) is 6.07 Å². The van der Waals surface area contributed by atoms with E-state index < -0.39 is 5.41 Å². The summed E-state index contributed by atoms with van der Waals surface area (Å²) in [6.07, 6.45) is 0.416. The average molecular weight is 334 g/mol. The van der Waals surface area contributed by atoms with E-state index in [2.05, 4.69) is 22.0 Å². The molecule has 0 spiro atoms. The van der Waals surface area contributed by atoms with Crippen LogP contribution in [0.5, 0.6) is 0 Å². The molecule has 0 aliphatic rings. The minimum Gasteiger partial charge on any atom is -0.298 e. The number of thiophene rings is 1. The molecular weight excluding hydrogens is 322 g/mol. The van der Waals surface area contributed by atoms with E-state index in [1.165, 1.54) is 6.92 Å². The number of nitrogens with zero attached hydrogens (tertiary/aromatic N) is 1. The molecule has 1 unspecified atom stereocenters. The molecule has 1 atom stereocenters. The number of ketones is 1. The van der Waals surface area contributed by atoms with Crippen molar-refractivity contribution in [3.63, 3.8) is 0 Å². The summed E-state index contributed by atoms with van der Waals surface area (Å²) in [7, 11) is 0. The maximum Gasteiger partial charge on any atom is 0.154 e. The number of carbonyl (C=O) groups excluding carboxylic acids is 1. The van der Waals surface area contributed by atoms with Crippen LogP contribution in [0.1, 0.15) is 17.4 Å². The Kier molecular flexibility index (Phi) is 4.18. The molecule has 2 nitrogen and oxygen atoms in total. The van der Waals surface area contributed by atoms with Crippen molar-refractivity contribution in [2.24, 2.45) is 0 Å². The molecule has 0 fully saturated rings. The summed E-state index contributed by atoms with van der Waals surface area (Å²) in [5, 5.41) is 9.59. The van der Waals surface area contributed by atoms with Gasteiger partial charge in [0.1, 0.15) is 5.41 Å². The van der Waals surface area contributed by atoms with Gasteiger partial charge in [-0.1, -0.05) is 30.3 Å². The number of carbonyl (C=O) groups is 1. The van der Waals surface area contributed by atoms with Crippen molar-refractivity contribution in [1.82, 2.24) is 0 Å². The van der Waals surface area contributed by atoms with E-state index in [1.54, 1.807) is 11.3 Å². The van der Waals surface area contributed by atoms with Gasteiger partial charge in [0.2, 0.25) is 0 Å². The highest BCUT2D eigenvalue weighted by Crippen LogP contribution is 2.33. The molecule has 0 amide bonds. The minimum absolute atomic E-state index is 0.120. The summed E-state index contributed by atoms with van der Waals surface area (Å²) < 4.78 is 1.01. The summed E-state index contributed by atoms with van der Waals surface area (Å²) in [5.41, 5.74) is -0.333. The van der Waals surface area contributed by atoms with Gasteiger partial charge in [-0.05, 0) is 40.5 Å². The quantitative estimate of drug-likeness (QED) is 0.844. The van der Waals surface area contributed by atoms with E-state index in [1.807, 2.05) is 42.5 Å². The van der Waals surface area contributed by atoms with Gasteiger partial charge < -0.3 is 0 Å². The summed E-state index contributed by atoms with van der Waals surface area (Å²) in [6, 6.07) is 15.4. The maximum absolute atomic E-state index is 12.1. The lowest BCUT2D eigenvalue weighted by Gasteiger charge is -2.23. The van der Waals surface area contributed by atoms with Gasteiger partial charge >= 0.3 is 0 Å². The lowest BCUT2D eigenvalue weighted by molar-refractivity contribution is -0.120. The van der Waals surface area contributed by atoms with Crippen LogP contribution in [0, 0.1) is 11.3 Å². The van der Waals surface area contributed by atoms with E-state index >= 15 is 0 Å². The third-order valence-electron chi connectivity index (χ3n) is 3.13. The molecular formula is C15H12BrNOS. The summed E-state index contributed by atoms with van der Waals surface area (Å²) in [5.74, 6) is -0.120. The van der Waals surface area contributed by atoms with E-state index in [0.717, 1.165) is 14.2 Å². The number of hydrogen-bond acceptors (Lipinski definition) is 3. The highest BCUT2D eigenvalue weighted by atomic mass is 79.9. The van der Waals surface area contributed by atoms with Crippen molar-refractivity contribution >= 4 is 33.0 Å². The number of Topliss-reactive ketones (excluding diaryl/α,β-unsaturated/α-hetero) is 1. The second-order valence-electron chi connectivity index (χ2n) is 4.32. The summed E-state index contributed by atoms with van der Waals surface area (Å²) >= 11 is 4.96. The number of rotatable bonds is 4.